The average Bonchev–Trinajstić information content (AvgIpc) is 3.19. The molecule has 158 valence electrons. The second-order valence-corrected chi connectivity index (χ2v) is 8.97. The van der Waals surface area contributed by atoms with Crippen molar-refractivity contribution >= 4 is 15.7 Å². The Morgan fingerprint density at radius 3 is 2.50 bits per heavy atom. The Balaban J connectivity index is 1.76. The van der Waals surface area contributed by atoms with Gasteiger partial charge in [0.15, 0.2) is 11.5 Å². The summed E-state index contributed by atoms with van der Waals surface area (Å²) in [5.41, 5.74) is 1.80. The molecular weight excluding hydrogens is 404 g/mol. The van der Waals surface area contributed by atoms with Crippen LogP contribution in [0.25, 0.3) is 11.5 Å². The van der Waals surface area contributed by atoms with Crippen molar-refractivity contribution in [3.8, 4) is 23.0 Å². The summed E-state index contributed by atoms with van der Waals surface area (Å²) in [4.78, 5) is 4.44. The molecule has 0 fully saturated rings. The minimum atomic E-state index is -3.94. The van der Waals surface area contributed by atoms with Crippen LogP contribution in [-0.4, -0.2) is 33.2 Å². The van der Waals surface area contributed by atoms with E-state index in [1.807, 2.05) is 31.2 Å². The zero-order valence-electron chi connectivity index (χ0n) is 17.0. The predicted octanol–water partition coefficient (Wildman–Crippen LogP) is 4.47. The lowest BCUT2D eigenvalue weighted by molar-refractivity contribution is 0.171. The minimum Gasteiger partial charge on any atom is -0.486 e. The molecule has 0 saturated heterocycles. The van der Waals surface area contributed by atoms with Crippen molar-refractivity contribution in [2.75, 3.05) is 25.1 Å². The summed E-state index contributed by atoms with van der Waals surface area (Å²) in [5, 5.41) is 2.96. The smallest absolute Gasteiger partial charge is 0.233 e. The molecule has 2 heterocycles. The molecule has 1 aliphatic heterocycles. The summed E-state index contributed by atoms with van der Waals surface area (Å²) in [6.45, 7) is 5.44. The lowest BCUT2D eigenvalue weighted by atomic mass is 10.1. The van der Waals surface area contributed by atoms with E-state index in [9.17, 15) is 8.42 Å². The van der Waals surface area contributed by atoms with E-state index in [4.69, 9.17) is 13.9 Å². The van der Waals surface area contributed by atoms with Crippen LogP contribution in [-0.2, 0) is 9.84 Å². The van der Waals surface area contributed by atoms with Gasteiger partial charge in [0.1, 0.15) is 13.2 Å². The van der Waals surface area contributed by atoms with Gasteiger partial charge in [-0.25, -0.2) is 8.42 Å². The van der Waals surface area contributed by atoms with Crippen molar-refractivity contribution in [3.05, 3.63) is 48.0 Å². The van der Waals surface area contributed by atoms with E-state index < -0.39 is 9.84 Å². The van der Waals surface area contributed by atoms with Gasteiger partial charge in [-0.3, -0.25) is 0 Å². The van der Waals surface area contributed by atoms with Crippen molar-refractivity contribution < 1.29 is 22.3 Å². The van der Waals surface area contributed by atoms with Gasteiger partial charge in [0.05, 0.1) is 4.90 Å². The number of benzene rings is 2. The van der Waals surface area contributed by atoms with E-state index in [-0.39, 0.29) is 21.7 Å². The van der Waals surface area contributed by atoms with Gasteiger partial charge in [-0.2, -0.15) is 4.98 Å². The number of ether oxygens (including phenoxy) is 2. The highest BCUT2D eigenvalue weighted by Crippen LogP contribution is 2.37. The summed E-state index contributed by atoms with van der Waals surface area (Å²) in [5.74, 6) is 1.34. The molecule has 0 saturated carbocycles. The first-order valence-electron chi connectivity index (χ1n) is 9.95. The van der Waals surface area contributed by atoms with Crippen LogP contribution in [0.4, 0.5) is 5.88 Å². The molecule has 0 radical (unpaired) electrons. The molecule has 0 bridgehead atoms. The molecule has 7 nitrogen and oxygen atoms in total. The molecule has 3 aromatic rings. The Hall–Kier alpha value is -3.00. The topological polar surface area (TPSA) is 90.7 Å². The second kappa shape index (κ2) is 8.39. The highest BCUT2D eigenvalue weighted by molar-refractivity contribution is 7.91. The van der Waals surface area contributed by atoms with E-state index in [0.717, 1.165) is 18.4 Å². The van der Waals surface area contributed by atoms with E-state index in [2.05, 4.69) is 17.2 Å². The van der Waals surface area contributed by atoms with Crippen LogP contribution < -0.4 is 14.8 Å². The van der Waals surface area contributed by atoms with Crippen LogP contribution in [0.15, 0.2) is 56.8 Å². The van der Waals surface area contributed by atoms with E-state index in [1.54, 1.807) is 6.07 Å². The Bertz CT molecular complexity index is 1140. The Morgan fingerprint density at radius 2 is 1.77 bits per heavy atom. The standard InChI is InChI=1S/C22H24N2O5S/c1-3-4-11-23-21-22(24-20(29-21)16-7-5-15(2)6-8-16)30(25,26)17-9-10-18-19(14-17)28-13-12-27-18/h5-10,14,23H,3-4,11-13H2,1-2H3. The SMILES string of the molecule is CCCCNc1oc(-c2ccc(C)cc2)nc1S(=O)(=O)c1ccc2c(c1)OCCO2. The molecule has 1 N–H and O–H groups in total. The fourth-order valence-electron chi connectivity index (χ4n) is 3.10. The first-order chi connectivity index (χ1) is 14.5. The van der Waals surface area contributed by atoms with E-state index in [1.165, 1.54) is 12.1 Å². The Labute approximate surface area is 176 Å². The van der Waals surface area contributed by atoms with Crippen molar-refractivity contribution in [1.29, 1.82) is 0 Å². The summed E-state index contributed by atoms with van der Waals surface area (Å²) < 4.78 is 43.7. The maximum atomic E-state index is 13.4. The molecule has 2 aromatic carbocycles. The van der Waals surface area contributed by atoms with Gasteiger partial charge in [-0.15, -0.1) is 0 Å². The van der Waals surface area contributed by atoms with Gasteiger partial charge in [-0.05, 0) is 37.6 Å². The first-order valence-corrected chi connectivity index (χ1v) is 11.4. The van der Waals surface area contributed by atoms with Crippen LogP contribution >= 0.6 is 0 Å². The normalized spacial score (nSPS) is 13.3. The number of fused-ring (bicyclic) bond motifs is 1. The number of nitrogens with zero attached hydrogens (tertiary/aromatic N) is 1. The largest absolute Gasteiger partial charge is 0.486 e. The number of rotatable bonds is 7. The fraction of sp³-hybridized carbons (Fsp3) is 0.318. The molecule has 0 amide bonds. The van der Waals surface area contributed by atoms with Gasteiger partial charge in [0.2, 0.25) is 26.6 Å². The number of hydrogen-bond donors (Lipinski definition) is 1. The van der Waals surface area contributed by atoms with Crippen molar-refractivity contribution in [3.63, 3.8) is 0 Å². The van der Waals surface area contributed by atoms with E-state index >= 15 is 0 Å². The van der Waals surface area contributed by atoms with Crippen LogP contribution in [0.1, 0.15) is 25.3 Å². The zero-order valence-corrected chi connectivity index (χ0v) is 17.8. The quantitative estimate of drug-likeness (QED) is 0.555. The Morgan fingerprint density at radius 1 is 1.03 bits per heavy atom. The second-order valence-electron chi connectivity index (χ2n) is 7.11. The van der Waals surface area contributed by atoms with Gasteiger partial charge >= 0.3 is 0 Å². The first kappa shape index (κ1) is 20.3. The van der Waals surface area contributed by atoms with Gasteiger partial charge in [-0.1, -0.05) is 31.0 Å². The predicted molar refractivity (Wildman–Crippen MR) is 113 cm³/mol. The number of oxazole rings is 1. The number of aryl methyl sites for hydroxylation is 1. The average molecular weight is 429 g/mol. The van der Waals surface area contributed by atoms with Gasteiger partial charge < -0.3 is 19.2 Å². The third-order valence-electron chi connectivity index (χ3n) is 4.79. The molecule has 1 aromatic heterocycles. The monoisotopic (exact) mass is 428 g/mol. The summed E-state index contributed by atoms with van der Waals surface area (Å²) in [6.07, 6.45) is 1.85. The van der Waals surface area contributed by atoms with Gasteiger partial charge in [0, 0.05) is 18.2 Å². The number of hydrogen-bond acceptors (Lipinski definition) is 7. The molecule has 0 unspecified atom stereocenters. The highest BCUT2D eigenvalue weighted by atomic mass is 32.2. The number of unbranched alkanes of at least 4 members (excludes halogenated alkanes) is 1. The lowest BCUT2D eigenvalue weighted by Gasteiger charge is -2.18. The number of sulfone groups is 1. The molecule has 30 heavy (non-hydrogen) atoms. The third kappa shape index (κ3) is 4.00. The molecule has 0 atom stereocenters. The third-order valence-corrected chi connectivity index (χ3v) is 6.45. The van der Waals surface area contributed by atoms with Crippen molar-refractivity contribution in [2.45, 2.75) is 36.6 Å². The molecule has 8 heteroatoms. The van der Waals surface area contributed by atoms with Crippen LogP contribution in [0, 0.1) is 6.92 Å². The van der Waals surface area contributed by atoms with Crippen LogP contribution in [0.2, 0.25) is 0 Å². The summed E-state index contributed by atoms with van der Waals surface area (Å²) in [7, 11) is -3.94. The molecular formula is C22H24N2O5S. The number of nitrogens with one attached hydrogen (secondary N) is 1. The van der Waals surface area contributed by atoms with Crippen molar-refractivity contribution in [1.82, 2.24) is 4.98 Å². The highest BCUT2D eigenvalue weighted by Gasteiger charge is 2.30. The maximum absolute atomic E-state index is 13.4. The summed E-state index contributed by atoms with van der Waals surface area (Å²) in [6, 6.07) is 12.2. The summed E-state index contributed by atoms with van der Waals surface area (Å²) >= 11 is 0. The van der Waals surface area contributed by atoms with Crippen molar-refractivity contribution in [2.24, 2.45) is 0 Å². The Kier molecular flexibility index (Phi) is 5.67. The number of aromatic nitrogens is 1. The molecule has 0 aliphatic carbocycles. The minimum absolute atomic E-state index is 0.0778. The molecule has 0 spiro atoms. The maximum Gasteiger partial charge on any atom is 0.233 e. The lowest BCUT2D eigenvalue weighted by Crippen LogP contribution is -2.16. The van der Waals surface area contributed by atoms with E-state index in [0.29, 0.717) is 36.8 Å². The van der Waals surface area contributed by atoms with Gasteiger partial charge in [0.25, 0.3) is 0 Å². The molecule has 1 aliphatic rings. The number of anilines is 1. The zero-order chi connectivity index (χ0) is 21.1. The van der Waals surface area contributed by atoms with Crippen LogP contribution in [0.3, 0.4) is 0 Å². The fourth-order valence-corrected chi connectivity index (χ4v) is 4.39. The molecule has 4 rings (SSSR count). The van der Waals surface area contributed by atoms with Crippen LogP contribution in [0.5, 0.6) is 11.5 Å².